The third kappa shape index (κ3) is 2.65. The van der Waals surface area contributed by atoms with Gasteiger partial charge in [0.15, 0.2) is 0 Å². The summed E-state index contributed by atoms with van der Waals surface area (Å²) >= 11 is 5.82. The normalized spacial score (nSPS) is 18.9. The van der Waals surface area contributed by atoms with E-state index in [1.54, 1.807) is 4.90 Å². The Balaban J connectivity index is 2.25. The predicted octanol–water partition coefficient (Wildman–Crippen LogP) is 2.30. The number of carbonyl (C=O) groups is 1. The van der Waals surface area contributed by atoms with E-state index >= 15 is 0 Å². The predicted molar refractivity (Wildman–Crippen MR) is 69.4 cm³/mol. The number of hydrogen-bond acceptors (Lipinski definition) is 2. The molecule has 0 saturated carbocycles. The average Bonchev–Trinajstić information content (AvgIpc) is 2.87. The molecule has 0 spiro atoms. The lowest BCUT2D eigenvalue weighted by atomic mass is 10.1. The van der Waals surface area contributed by atoms with E-state index in [1.165, 1.54) is 18.2 Å². The summed E-state index contributed by atoms with van der Waals surface area (Å²) in [4.78, 5) is 14.0. The van der Waals surface area contributed by atoms with Crippen LogP contribution in [0.3, 0.4) is 0 Å². The third-order valence-corrected chi connectivity index (χ3v) is 3.47. The minimum absolute atomic E-state index is 0.0521. The molecule has 1 aliphatic rings. The molecule has 1 fully saturated rings. The minimum atomic E-state index is -0.520. The first-order valence-electron chi connectivity index (χ1n) is 6.10. The first-order chi connectivity index (χ1) is 8.63. The Morgan fingerprint density at radius 1 is 1.61 bits per heavy atom. The van der Waals surface area contributed by atoms with E-state index < -0.39 is 5.82 Å². The van der Waals surface area contributed by atoms with E-state index in [-0.39, 0.29) is 17.5 Å². The summed E-state index contributed by atoms with van der Waals surface area (Å²) in [5.41, 5.74) is 0.0521. The molecule has 1 unspecified atom stereocenters. The van der Waals surface area contributed by atoms with Gasteiger partial charge in [0.25, 0.3) is 5.91 Å². The summed E-state index contributed by atoms with van der Waals surface area (Å²) in [6, 6.07) is 4.21. The van der Waals surface area contributed by atoms with E-state index in [9.17, 15) is 9.18 Å². The van der Waals surface area contributed by atoms with Crippen molar-refractivity contribution in [2.24, 2.45) is 0 Å². The van der Waals surface area contributed by atoms with E-state index in [0.717, 1.165) is 19.5 Å². The number of carbonyl (C=O) groups excluding carboxylic acids is 1. The summed E-state index contributed by atoms with van der Waals surface area (Å²) in [7, 11) is 0. The van der Waals surface area contributed by atoms with Crippen molar-refractivity contribution < 1.29 is 9.18 Å². The molecule has 1 heterocycles. The quantitative estimate of drug-likeness (QED) is 0.914. The van der Waals surface area contributed by atoms with Crippen LogP contribution in [0.15, 0.2) is 18.2 Å². The van der Waals surface area contributed by atoms with Crippen LogP contribution in [0.4, 0.5) is 4.39 Å². The van der Waals surface area contributed by atoms with Crippen LogP contribution in [0, 0.1) is 5.82 Å². The summed E-state index contributed by atoms with van der Waals surface area (Å²) in [6.45, 7) is 4.13. The van der Waals surface area contributed by atoms with Gasteiger partial charge >= 0.3 is 0 Å². The van der Waals surface area contributed by atoms with Gasteiger partial charge in [-0.15, -0.1) is 0 Å². The lowest BCUT2D eigenvalue weighted by molar-refractivity contribution is 0.0699. The molecular formula is C13H16ClFN2O. The standard InChI is InChI=1S/C13H16ClFN2O/c1-2-17(10-5-6-16-8-10)13(18)11-7-9(14)3-4-12(11)15/h3-4,7,10,16H,2,5-6,8H2,1H3. The first-order valence-corrected chi connectivity index (χ1v) is 6.48. The molecule has 1 N–H and O–H groups in total. The molecular weight excluding hydrogens is 255 g/mol. The lowest BCUT2D eigenvalue weighted by Crippen LogP contribution is -2.41. The molecule has 18 heavy (non-hydrogen) atoms. The Morgan fingerprint density at radius 2 is 2.39 bits per heavy atom. The minimum Gasteiger partial charge on any atom is -0.335 e. The van der Waals surface area contributed by atoms with Crippen molar-refractivity contribution in [3.63, 3.8) is 0 Å². The van der Waals surface area contributed by atoms with Crippen molar-refractivity contribution in [3.05, 3.63) is 34.6 Å². The SMILES string of the molecule is CCN(C(=O)c1cc(Cl)ccc1F)C1CCNC1. The Hall–Kier alpha value is -1.13. The first kappa shape index (κ1) is 13.3. The number of rotatable bonds is 3. The molecule has 1 amide bonds. The van der Waals surface area contributed by atoms with Gasteiger partial charge in [-0.2, -0.15) is 0 Å². The summed E-state index contributed by atoms with van der Waals surface area (Å²) in [6.07, 6.45) is 0.905. The molecule has 0 bridgehead atoms. The van der Waals surface area contributed by atoms with Crippen molar-refractivity contribution in [1.82, 2.24) is 10.2 Å². The zero-order valence-electron chi connectivity index (χ0n) is 10.2. The number of benzene rings is 1. The highest BCUT2D eigenvalue weighted by Crippen LogP contribution is 2.19. The van der Waals surface area contributed by atoms with Crippen LogP contribution in [0.1, 0.15) is 23.7 Å². The topological polar surface area (TPSA) is 32.3 Å². The smallest absolute Gasteiger partial charge is 0.257 e. The van der Waals surface area contributed by atoms with Crippen molar-refractivity contribution in [2.45, 2.75) is 19.4 Å². The Kier molecular flexibility index (Phi) is 4.19. The monoisotopic (exact) mass is 270 g/mol. The third-order valence-electron chi connectivity index (χ3n) is 3.24. The van der Waals surface area contributed by atoms with Crippen molar-refractivity contribution in [3.8, 4) is 0 Å². The van der Waals surface area contributed by atoms with Crippen LogP contribution in [0.2, 0.25) is 5.02 Å². The zero-order chi connectivity index (χ0) is 13.1. The Morgan fingerprint density at radius 3 is 3.00 bits per heavy atom. The second-order valence-corrected chi connectivity index (χ2v) is 4.80. The molecule has 1 aliphatic heterocycles. The fourth-order valence-electron chi connectivity index (χ4n) is 2.29. The van der Waals surface area contributed by atoms with Gasteiger partial charge in [-0.25, -0.2) is 4.39 Å². The van der Waals surface area contributed by atoms with E-state index in [2.05, 4.69) is 5.32 Å². The number of nitrogens with zero attached hydrogens (tertiary/aromatic N) is 1. The zero-order valence-corrected chi connectivity index (χ0v) is 11.0. The highest BCUT2D eigenvalue weighted by atomic mass is 35.5. The van der Waals surface area contributed by atoms with E-state index in [0.29, 0.717) is 11.6 Å². The number of amides is 1. The second kappa shape index (κ2) is 5.67. The van der Waals surface area contributed by atoms with Crippen LogP contribution >= 0.6 is 11.6 Å². The number of halogens is 2. The van der Waals surface area contributed by atoms with Crippen molar-refractivity contribution >= 4 is 17.5 Å². The molecule has 1 atom stereocenters. The van der Waals surface area contributed by atoms with Crippen LogP contribution in [0.5, 0.6) is 0 Å². The Labute approximate surface area is 111 Å². The molecule has 1 saturated heterocycles. The molecule has 1 aromatic carbocycles. The molecule has 0 aliphatic carbocycles. The Bertz CT molecular complexity index is 447. The summed E-state index contributed by atoms with van der Waals surface area (Å²) in [5.74, 6) is -0.806. The summed E-state index contributed by atoms with van der Waals surface area (Å²) < 4.78 is 13.7. The maximum Gasteiger partial charge on any atom is 0.257 e. The largest absolute Gasteiger partial charge is 0.335 e. The van der Waals surface area contributed by atoms with Crippen LogP contribution in [0.25, 0.3) is 0 Å². The van der Waals surface area contributed by atoms with Gasteiger partial charge in [-0.1, -0.05) is 11.6 Å². The van der Waals surface area contributed by atoms with Crippen LogP contribution in [-0.2, 0) is 0 Å². The summed E-state index contributed by atoms with van der Waals surface area (Å²) in [5, 5.41) is 3.58. The van der Waals surface area contributed by atoms with Gasteiger partial charge < -0.3 is 10.2 Å². The highest BCUT2D eigenvalue weighted by molar-refractivity contribution is 6.31. The molecule has 98 valence electrons. The van der Waals surface area contributed by atoms with Gasteiger partial charge in [-0.05, 0) is 38.1 Å². The molecule has 0 radical (unpaired) electrons. The average molecular weight is 271 g/mol. The van der Waals surface area contributed by atoms with Crippen LogP contribution in [-0.4, -0.2) is 36.5 Å². The second-order valence-electron chi connectivity index (χ2n) is 4.36. The van der Waals surface area contributed by atoms with Crippen molar-refractivity contribution in [2.75, 3.05) is 19.6 Å². The van der Waals surface area contributed by atoms with Gasteiger partial charge in [0.1, 0.15) is 5.82 Å². The molecule has 3 nitrogen and oxygen atoms in total. The molecule has 1 aromatic rings. The van der Waals surface area contributed by atoms with Gasteiger partial charge in [0.2, 0.25) is 0 Å². The van der Waals surface area contributed by atoms with Crippen LogP contribution < -0.4 is 5.32 Å². The fraction of sp³-hybridized carbons (Fsp3) is 0.462. The maximum atomic E-state index is 13.7. The lowest BCUT2D eigenvalue weighted by Gasteiger charge is -2.27. The number of likely N-dealkylation sites (N-methyl/N-ethyl adjacent to an activating group) is 1. The fourth-order valence-corrected chi connectivity index (χ4v) is 2.46. The number of nitrogens with one attached hydrogen (secondary N) is 1. The van der Waals surface area contributed by atoms with Crippen molar-refractivity contribution in [1.29, 1.82) is 0 Å². The highest BCUT2D eigenvalue weighted by Gasteiger charge is 2.27. The molecule has 2 rings (SSSR count). The van der Waals surface area contributed by atoms with Gasteiger partial charge in [0.05, 0.1) is 5.56 Å². The maximum absolute atomic E-state index is 13.7. The molecule has 0 aromatic heterocycles. The van der Waals surface area contributed by atoms with Gasteiger partial charge in [-0.3, -0.25) is 4.79 Å². The molecule has 5 heteroatoms. The van der Waals surface area contributed by atoms with Gasteiger partial charge in [0, 0.05) is 24.2 Å². The number of hydrogen-bond donors (Lipinski definition) is 1. The van der Waals surface area contributed by atoms with E-state index in [1.807, 2.05) is 6.92 Å². The van der Waals surface area contributed by atoms with E-state index in [4.69, 9.17) is 11.6 Å².